The number of aromatic nitrogens is 2. The Bertz CT molecular complexity index is 1080. The maximum Gasteiger partial charge on any atom is 0.227 e. The van der Waals surface area contributed by atoms with Gasteiger partial charge in [-0.15, -0.1) is 10.2 Å². The molecule has 0 spiro atoms. The summed E-state index contributed by atoms with van der Waals surface area (Å²) in [5.41, 5.74) is 3.22. The van der Waals surface area contributed by atoms with E-state index in [1.54, 1.807) is 0 Å². The van der Waals surface area contributed by atoms with E-state index in [0.717, 1.165) is 29.0 Å². The lowest BCUT2D eigenvalue weighted by molar-refractivity contribution is -0.134. The molecule has 3 aromatic rings. The van der Waals surface area contributed by atoms with E-state index in [2.05, 4.69) is 22.4 Å². The Kier molecular flexibility index (Phi) is 11.1. The van der Waals surface area contributed by atoms with Crippen LogP contribution in [0.4, 0.5) is 5.13 Å². The highest BCUT2D eigenvalue weighted by atomic mass is 32.1. The fourth-order valence-corrected chi connectivity index (χ4v) is 4.90. The van der Waals surface area contributed by atoms with E-state index < -0.39 is 0 Å². The number of aryl methyl sites for hydroxylation is 1. The smallest absolute Gasteiger partial charge is 0.227 e. The number of nitrogens with one attached hydrogen (secondary N) is 1. The molecule has 1 N–H and O–H groups in total. The number of carbonyl (C=O) groups is 2. The number of amides is 2. The first-order valence-electron chi connectivity index (χ1n) is 13.0. The molecule has 2 aromatic carbocycles. The molecule has 1 heterocycles. The third-order valence-corrected chi connectivity index (χ3v) is 7.25. The largest absolute Gasteiger partial charge is 0.335 e. The molecule has 0 saturated carbocycles. The molecule has 0 aliphatic rings. The summed E-state index contributed by atoms with van der Waals surface area (Å²) in [7, 11) is 0. The molecule has 0 radical (unpaired) electrons. The van der Waals surface area contributed by atoms with Crippen molar-refractivity contribution in [2.24, 2.45) is 0 Å². The molecular formula is C29H38N4O2S. The number of hydrogen-bond acceptors (Lipinski definition) is 5. The first kappa shape index (κ1) is 27.5. The Balaban J connectivity index is 1.57. The average molecular weight is 507 g/mol. The minimum atomic E-state index is -0.167. The van der Waals surface area contributed by atoms with E-state index in [1.807, 2.05) is 73.3 Å². The summed E-state index contributed by atoms with van der Waals surface area (Å²) in [5.74, 6) is -0.0635. The topological polar surface area (TPSA) is 75.2 Å². The van der Waals surface area contributed by atoms with Crippen molar-refractivity contribution >= 4 is 28.3 Å². The first-order chi connectivity index (χ1) is 17.5. The van der Waals surface area contributed by atoms with Crippen LogP contribution in [0.25, 0.3) is 10.6 Å². The zero-order valence-corrected chi connectivity index (χ0v) is 22.5. The molecule has 0 bridgehead atoms. The zero-order valence-electron chi connectivity index (χ0n) is 21.7. The maximum absolute atomic E-state index is 13.2. The second-order valence-corrected chi connectivity index (χ2v) is 10.2. The van der Waals surface area contributed by atoms with E-state index in [9.17, 15) is 9.59 Å². The summed E-state index contributed by atoms with van der Waals surface area (Å²) < 4.78 is 0. The van der Waals surface area contributed by atoms with Crippen LogP contribution >= 0.6 is 11.3 Å². The Labute approximate surface area is 219 Å². The van der Waals surface area contributed by atoms with Crippen molar-refractivity contribution in [3.63, 3.8) is 0 Å². The monoisotopic (exact) mass is 506 g/mol. The van der Waals surface area contributed by atoms with Crippen molar-refractivity contribution in [2.75, 3.05) is 11.9 Å². The van der Waals surface area contributed by atoms with Crippen molar-refractivity contribution in [1.82, 2.24) is 15.1 Å². The number of benzene rings is 2. The zero-order chi connectivity index (χ0) is 25.8. The number of hydrogen-bond donors (Lipinski definition) is 1. The van der Waals surface area contributed by atoms with Crippen molar-refractivity contribution in [2.45, 2.75) is 78.2 Å². The van der Waals surface area contributed by atoms with Crippen LogP contribution in [-0.2, 0) is 9.59 Å². The number of anilines is 1. The van der Waals surface area contributed by atoms with Gasteiger partial charge in [0.15, 0.2) is 0 Å². The summed E-state index contributed by atoms with van der Waals surface area (Å²) in [6, 6.07) is 18.0. The molecule has 3 rings (SSSR count). The fraction of sp³-hybridized carbons (Fsp3) is 0.448. The lowest BCUT2D eigenvalue weighted by atomic mass is 10.0. The number of carbonyl (C=O) groups excluding carboxylic acids is 2. The van der Waals surface area contributed by atoms with Gasteiger partial charge in [-0.2, -0.15) is 0 Å². The predicted molar refractivity (Wildman–Crippen MR) is 148 cm³/mol. The van der Waals surface area contributed by atoms with Gasteiger partial charge in [0.25, 0.3) is 0 Å². The summed E-state index contributed by atoms with van der Waals surface area (Å²) >= 11 is 1.35. The normalized spacial score (nSPS) is 11.8. The summed E-state index contributed by atoms with van der Waals surface area (Å²) in [6.07, 6.45) is 7.55. The van der Waals surface area contributed by atoms with Gasteiger partial charge in [-0.3, -0.25) is 9.59 Å². The molecule has 0 fully saturated rings. The van der Waals surface area contributed by atoms with Crippen LogP contribution in [0.5, 0.6) is 0 Å². The summed E-state index contributed by atoms with van der Waals surface area (Å²) in [4.78, 5) is 27.8. The lowest BCUT2D eigenvalue weighted by Gasteiger charge is -2.30. The van der Waals surface area contributed by atoms with Gasteiger partial charge in [0.2, 0.25) is 16.9 Å². The van der Waals surface area contributed by atoms with Crippen LogP contribution in [0.2, 0.25) is 0 Å². The van der Waals surface area contributed by atoms with Crippen LogP contribution < -0.4 is 5.32 Å². The minimum absolute atomic E-state index is 0.0961. The molecule has 1 aromatic heterocycles. The molecule has 1 atom stereocenters. The van der Waals surface area contributed by atoms with Gasteiger partial charge in [-0.1, -0.05) is 111 Å². The molecule has 1 unspecified atom stereocenters. The quantitative estimate of drug-likeness (QED) is 0.235. The fourth-order valence-electron chi connectivity index (χ4n) is 4.14. The minimum Gasteiger partial charge on any atom is -0.335 e. The lowest BCUT2D eigenvalue weighted by Crippen LogP contribution is -2.36. The second kappa shape index (κ2) is 14.5. The molecule has 0 aliphatic heterocycles. The van der Waals surface area contributed by atoms with Crippen LogP contribution in [0.3, 0.4) is 0 Å². The SMILES string of the molecule is CCCCCCCCC(=O)N(CCC(=O)Nc1nnc(-c2ccc(C)cc2)s1)C(C)c1ccccc1. The molecule has 192 valence electrons. The van der Waals surface area contributed by atoms with Gasteiger partial charge < -0.3 is 10.2 Å². The van der Waals surface area contributed by atoms with E-state index in [0.29, 0.717) is 18.1 Å². The van der Waals surface area contributed by atoms with Crippen molar-refractivity contribution in [3.05, 3.63) is 65.7 Å². The highest BCUT2D eigenvalue weighted by Crippen LogP contribution is 2.27. The molecule has 7 heteroatoms. The van der Waals surface area contributed by atoms with Gasteiger partial charge in [-0.05, 0) is 25.8 Å². The van der Waals surface area contributed by atoms with Crippen molar-refractivity contribution in [1.29, 1.82) is 0 Å². The first-order valence-corrected chi connectivity index (χ1v) is 13.8. The summed E-state index contributed by atoms with van der Waals surface area (Å²) in [6.45, 7) is 6.64. The molecular weight excluding hydrogens is 468 g/mol. The maximum atomic E-state index is 13.2. The van der Waals surface area contributed by atoms with E-state index in [-0.39, 0.29) is 24.3 Å². The third kappa shape index (κ3) is 8.55. The Morgan fingerprint density at radius 1 is 0.917 bits per heavy atom. The van der Waals surface area contributed by atoms with Gasteiger partial charge in [0.05, 0.1) is 6.04 Å². The standard InChI is InChI=1S/C29H38N4O2S/c1-4-5-6-7-8-12-15-27(35)33(23(3)24-13-10-9-11-14-24)21-20-26(34)30-29-32-31-28(36-29)25-18-16-22(2)17-19-25/h9-11,13-14,16-19,23H,4-8,12,15,20-21H2,1-3H3,(H,30,32,34). The molecule has 36 heavy (non-hydrogen) atoms. The second-order valence-electron chi connectivity index (χ2n) is 9.27. The molecule has 6 nitrogen and oxygen atoms in total. The van der Waals surface area contributed by atoms with Crippen molar-refractivity contribution in [3.8, 4) is 10.6 Å². The highest BCUT2D eigenvalue weighted by molar-refractivity contribution is 7.18. The van der Waals surface area contributed by atoms with Gasteiger partial charge in [0, 0.05) is 24.9 Å². The van der Waals surface area contributed by atoms with E-state index >= 15 is 0 Å². The third-order valence-electron chi connectivity index (χ3n) is 6.36. The van der Waals surface area contributed by atoms with Gasteiger partial charge >= 0.3 is 0 Å². The average Bonchev–Trinajstić information content (AvgIpc) is 3.35. The Morgan fingerprint density at radius 3 is 2.33 bits per heavy atom. The highest BCUT2D eigenvalue weighted by Gasteiger charge is 2.22. The Morgan fingerprint density at radius 2 is 1.61 bits per heavy atom. The van der Waals surface area contributed by atoms with E-state index in [1.165, 1.54) is 42.6 Å². The molecule has 0 aliphatic carbocycles. The van der Waals surface area contributed by atoms with Crippen LogP contribution in [-0.4, -0.2) is 33.5 Å². The Hall–Kier alpha value is -3.06. The molecule has 2 amide bonds. The summed E-state index contributed by atoms with van der Waals surface area (Å²) in [5, 5.41) is 12.4. The van der Waals surface area contributed by atoms with Gasteiger partial charge in [0.1, 0.15) is 5.01 Å². The van der Waals surface area contributed by atoms with Crippen LogP contribution in [0.15, 0.2) is 54.6 Å². The van der Waals surface area contributed by atoms with Crippen molar-refractivity contribution < 1.29 is 9.59 Å². The van der Waals surface area contributed by atoms with Crippen LogP contribution in [0.1, 0.15) is 82.4 Å². The molecule has 0 saturated heterocycles. The predicted octanol–water partition coefficient (Wildman–Crippen LogP) is 7.18. The van der Waals surface area contributed by atoms with Gasteiger partial charge in [-0.25, -0.2) is 0 Å². The number of rotatable bonds is 14. The number of unbranched alkanes of at least 4 members (excludes halogenated alkanes) is 5. The number of nitrogens with zero attached hydrogens (tertiary/aromatic N) is 3. The van der Waals surface area contributed by atoms with E-state index in [4.69, 9.17) is 0 Å². The van der Waals surface area contributed by atoms with Crippen LogP contribution in [0, 0.1) is 6.92 Å².